The summed E-state index contributed by atoms with van der Waals surface area (Å²) >= 11 is 6.63. The summed E-state index contributed by atoms with van der Waals surface area (Å²) in [5.41, 5.74) is 1.59. The number of hydrogen-bond donors (Lipinski definition) is 0. The van der Waals surface area contributed by atoms with E-state index >= 15 is 0 Å². The lowest BCUT2D eigenvalue weighted by atomic mass is 10.1. The summed E-state index contributed by atoms with van der Waals surface area (Å²) in [5.74, 6) is 0.326. The Hall–Kier alpha value is -2.73. The fourth-order valence-corrected chi connectivity index (χ4v) is 4.44. The van der Waals surface area contributed by atoms with Crippen LogP contribution in [0.1, 0.15) is 39.2 Å². The molecule has 3 aromatic rings. The predicted octanol–water partition coefficient (Wildman–Crippen LogP) is 6.09. The van der Waals surface area contributed by atoms with E-state index in [0.717, 1.165) is 35.0 Å². The molecule has 2 aliphatic rings. The molecule has 1 aliphatic heterocycles. The Morgan fingerprint density at radius 3 is 2.68 bits per heavy atom. The van der Waals surface area contributed by atoms with E-state index in [1.807, 2.05) is 49.7 Å². The molecular formula is C24H24ClFN2O3. The average Bonchev–Trinajstić information content (AvgIpc) is 3.38. The van der Waals surface area contributed by atoms with Gasteiger partial charge in [0.2, 0.25) is 0 Å². The Bertz CT molecular complexity index is 1190. The van der Waals surface area contributed by atoms with Gasteiger partial charge in [-0.3, -0.25) is 4.90 Å². The van der Waals surface area contributed by atoms with Crippen molar-refractivity contribution in [3.8, 4) is 11.4 Å². The molecule has 5 rings (SSSR count). The van der Waals surface area contributed by atoms with Crippen LogP contribution in [0.3, 0.4) is 0 Å². The smallest absolute Gasteiger partial charge is 0.411 e. The lowest BCUT2D eigenvalue weighted by Crippen LogP contribution is -2.46. The minimum absolute atomic E-state index is 0.277. The summed E-state index contributed by atoms with van der Waals surface area (Å²) in [6.45, 7) is 6.33. The zero-order valence-corrected chi connectivity index (χ0v) is 18.5. The fourth-order valence-electron chi connectivity index (χ4n) is 4.15. The normalized spacial score (nSPS) is 17.3. The van der Waals surface area contributed by atoms with Crippen LogP contribution in [0.2, 0.25) is 5.02 Å². The van der Waals surface area contributed by atoms with Crippen molar-refractivity contribution in [3.63, 3.8) is 0 Å². The number of ether oxygens (including phenoxy) is 2. The summed E-state index contributed by atoms with van der Waals surface area (Å²) in [6.07, 6.45) is 3.29. The van der Waals surface area contributed by atoms with Crippen molar-refractivity contribution in [2.45, 2.75) is 51.3 Å². The third kappa shape index (κ3) is 3.63. The molecule has 1 fully saturated rings. The monoisotopic (exact) mass is 442 g/mol. The largest absolute Gasteiger partial charge is 0.489 e. The highest BCUT2D eigenvalue weighted by atomic mass is 35.5. The van der Waals surface area contributed by atoms with Gasteiger partial charge in [0.05, 0.1) is 22.6 Å². The number of carbonyl (C=O) groups is 1. The fraction of sp³-hybridized carbons (Fsp3) is 0.375. The highest BCUT2D eigenvalue weighted by molar-refractivity contribution is 6.32. The Morgan fingerprint density at radius 2 is 1.97 bits per heavy atom. The lowest BCUT2D eigenvalue weighted by molar-refractivity contribution is 0.00712. The minimum atomic E-state index is -0.581. The van der Waals surface area contributed by atoms with Gasteiger partial charge in [-0.2, -0.15) is 0 Å². The molecule has 5 nitrogen and oxygen atoms in total. The molecule has 0 bridgehead atoms. The molecule has 0 saturated heterocycles. The van der Waals surface area contributed by atoms with Crippen molar-refractivity contribution < 1.29 is 18.7 Å². The SMILES string of the molecule is CC(C)(C)OC(=O)N1Cc2cc(-n3ccc4cc(F)ccc43)cc(Cl)c2OCC12CC2. The maximum atomic E-state index is 13.6. The highest BCUT2D eigenvalue weighted by Crippen LogP contribution is 2.48. The standard InChI is InChI=1S/C24H24ClFN2O3/c1-23(2,3)31-22(29)28-13-16-11-18(12-19(25)21(16)30-14-24(28)7-8-24)27-9-6-15-10-17(26)4-5-20(15)27/h4-6,9-12H,7-8,13-14H2,1-3H3. The minimum Gasteiger partial charge on any atom is -0.489 e. The van der Waals surface area contributed by atoms with Crippen molar-refractivity contribution in [2.24, 2.45) is 0 Å². The molecule has 1 spiro atoms. The molecule has 0 atom stereocenters. The van der Waals surface area contributed by atoms with E-state index < -0.39 is 5.60 Å². The van der Waals surface area contributed by atoms with Gasteiger partial charge in [-0.15, -0.1) is 0 Å². The Balaban J connectivity index is 1.56. The molecule has 2 aromatic carbocycles. The van der Waals surface area contributed by atoms with Crippen LogP contribution in [0.25, 0.3) is 16.6 Å². The quantitative estimate of drug-likeness (QED) is 0.458. The predicted molar refractivity (Wildman–Crippen MR) is 117 cm³/mol. The van der Waals surface area contributed by atoms with Crippen molar-refractivity contribution in [1.82, 2.24) is 9.47 Å². The van der Waals surface area contributed by atoms with E-state index in [0.29, 0.717) is 23.9 Å². The van der Waals surface area contributed by atoms with Crippen molar-refractivity contribution in [1.29, 1.82) is 0 Å². The maximum Gasteiger partial charge on any atom is 0.411 e. The van der Waals surface area contributed by atoms with Gasteiger partial charge in [0, 0.05) is 22.8 Å². The summed E-state index contributed by atoms with van der Waals surface area (Å²) in [4.78, 5) is 14.8. The molecular weight excluding hydrogens is 419 g/mol. The number of amides is 1. The number of carbonyl (C=O) groups excluding carboxylic acids is 1. The second-order valence-electron chi connectivity index (χ2n) is 9.38. The van der Waals surface area contributed by atoms with Crippen LogP contribution >= 0.6 is 11.6 Å². The number of fused-ring (bicyclic) bond motifs is 2. The number of nitrogens with zero attached hydrogens (tertiary/aromatic N) is 2. The Morgan fingerprint density at radius 1 is 1.19 bits per heavy atom. The van der Waals surface area contributed by atoms with Gasteiger partial charge in [-0.05, 0) is 70.0 Å². The third-order valence-corrected chi connectivity index (χ3v) is 6.14. The maximum absolute atomic E-state index is 13.6. The van der Waals surface area contributed by atoms with Gasteiger partial charge in [-0.25, -0.2) is 9.18 Å². The lowest BCUT2D eigenvalue weighted by Gasteiger charge is -2.31. The zero-order valence-electron chi connectivity index (χ0n) is 17.7. The molecule has 1 aromatic heterocycles. The van der Waals surface area contributed by atoms with E-state index in [1.54, 1.807) is 11.0 Å². The first-order valence-electron chi connectivity index (χ1n) is 10.4. The van der Waals surface area contributed by atoms with Gasteiger partial charge in [0.1, 0.15) is 23.8 Å². The molecule has 0 radical (unpaired) electrons. The molecule has 0 N–H and O–H groups in total. The van der Waals surface area contributed by atoms with Crippen LogP contribution in [-0.2, 0) is 11.3 Å². The second-order valence-corrected chi connectivity index (χ2v) is 9.79. The van der Waals surface area contributed by atoms with E-state index in [4.69, 9.17) is 21.1 Å². The number of benzene rings is 2. The molecule has 1 aliphatic carbocycles. The van der Waals surface area contributed by atoms with Crippen LogP contribution in [0, 0.1) is 5.82 Å². The van der Waals surface area contributed by atoms with Crippen molar-refractivity contribution >= 4 is 28.6 Å². The number of halogens is 2. The summed E-state index contributed by atoms with van der Waals surface area (Å²) in [6, 6.07) is 10.4. The summed E-state index contributed by atoms with van der Waals surface area (Å²) in [5, 5.41) is 1.29. The topological polar surface area (TPSA) is 43.7 Å². The zero-order chi connectivity index (χ0) is 22.0. The van der Waals surface area contributed by atoms with Crippen LogP contribution in [0.15, 0.2) is 42.6 Å². The third-order valence-electron chi connectivity index (χ3n) is 5.86. The summed E-state index contributed by atoms with van der Waals surface area (Å²) < 4.78 is 27.3. The van der Waals surface area contributed by atoms with Crippen molar-refractivity contribution in [2.75, 3.05) is 6.61 Å². The first kappa shape index (κ1) is 20.2. The Labute approximate surface area is 185 Å². The van der Waals surface area contributed by atoms with Gasteiger partial charge in [0.25, 0.3) is 0 Å². The van der Waals surface area contributed by atoms with E-state index in [-0.39, 0.29) is 17.4 Å². The van der Waals surface area contributed by atoms with Crippen LogP contribution in [-0.4, -0.2) is 33.3 Å². The van der Waals surface area contributed by atoms with Gasteiger partial charge >= 0.3 is 6.09 Å². The van der Waals surface area contributed by atoms with Crippen LogP contribution < -0.4 is 4.74 Å². The molecule has 162 valence electrons. The first-order chi connectivity index (χ1) is 14.7. The summed E-state index contributed by atoms with van der Waals surface area (Å²) in [7, 11) is 0. The van der Waals surface area contributed by atoms with Crippen LogP contribution in [0.5, 0.6) is 5.75 Å². The highest BCUT2D eigenvalue weighted by Gasteiger charge is 2.53. The van der Waals surface area contributed by atoms with Crippen LogP contribution in [0.4, 0.5) is 9.18 Å². The number of rotatable bonds is 1. The average molecular weight is 443 g/mol. The molecule has 1 amide bonds. The molecule has 2 heterocycles. The molecule has 31 heavy (non-hydrogen) atoms. The van der Waals surface area contributed by atoms with Crippen molar-refractivity contribution in [3.05, 3.63) is 59.0 Å². The van der Waals surface area contributed by atoms with Gasteiger partial charge in [-0.1, -0.05) is 11.6 Å². The Kier molecular flexibility index (Phi) is 4.49. The van der Waals surface area contributed by atoms with E-state index in [1.165, 1.54) is 12.1 Å². The van der Waals surface area contributed by atoms with Gasteiger partial charge < -0.3 is 14.0 Å². The second kappa shape index (κ2) is 6.89. The van der Waals surface area contributed by atoms with E-state index in [2.05, 4.69) is 0 Å². The van der Waals surface area contributed by atoms with E-state index in [9.17, 15) is 9.18 Å². The molecule has 1 saturated carbocycles. The number of hydrogen-bond acceptors (Lipinski definition) is 3. The first-order valence-corrected chi connectivity index (χ1v) is 10.8. The number of aromatic nitrogens is 1. The molecule has 7 heteroatoms. The molecule has 0 unspecified atom stereocenters. The van der Waals surface area contributed by atoms with Gasteiger partial charge in [0.15, 0.2) is 0 Å².